The number of piperazine rings is 1. The third-order valence-corrected chi connectivity index (χ3v) is 3.21. The first-order chi connectivity index (χ1) is 7.58. The summed E-state index contributed by atoms with van der Waals surface area (Å²) < 4.78 is 0.967. The number of likely N-dealkylation sites (N-methyl/N-ethyl adjacent to an activating group) is 1. The van der Waals surface area contributed by atoms with Gasteiger partial charge < -0.3 is 9.80 Å². The smallest absolute Gasteiger partial charge is 0.241 e. The molecule has 2 rings (SSSR count). The summed E-state index contributed by atoms with van der Waals surface area (Å²) in [4.78, 5) is 19.8. The molecule has 16 heavy (non-hydrogen) atoms. The molecule has 0 aromatic carbocycles. The zero-order valence-corrected chi connectivity index (χ0v) is 11.0. The van der Waals surface area contributed by atoms with E-state index in [1.807, 2.05) is 24.9 Å². The van der Waals surface area contributed by atoms with E-state index >= 15 is 0 Å². The molecule has 0 atom stereocenters. The molecule has 1 aliphatic rings. The molecule has 0 saturated carbocycles. The van der Waals surface area contributed by atoms with Crippen LogP contribution in [0, 0.1) is 6.92 Å². The highest BCUT2D eigenvalue weighted by atomic mass is 79.9. The van der Waals surface area contributed by atoms with Crippen molar-refractivity contribution in [2.45, 2.75) is 6.92 Å². The number of aryl methyl sites for hydroxylation is 1. The summed E-state index contributed by atoms with van der Waals surface area (Å²) in [5, 5.41) is 0. The molecule has 1 amide bonds. The maximum atomic E-state index is 11.6. The maximum absolute atomic E-state index is 11.6. The highest BCUT2D eigenvalue weighted by Crippen LogP contribution is 2.21. The maximum Gasteiger partial charge on any atom is 0.241 e. The lowest BCUT2D eigenvalue weighted by Gasteiger charge is -2.33. The van der Waals surface area contributed by atoms with Crippen LogP contribution in [0.3, 0.4) is 0 Å². The molecule has 0 N–H and O–H groups in total. The minimum absolute atomic E-state index is 0.148. The van der Waals surface area contributed by atoms with E-state index in [1.54, 1.807) is 11.1 Å². The van der Waals surface area contributed by atoms with Crippen molar-refractivity contribution in [1.29, 1.82) is 0 Å². The number of pyridine rings is 1. The van der Waals surface area contributed by atoms with Gasteiger partial charge >= 0.3 is 0 Å². The standard InChI is InChI=1S/C11H14BrN3O/c1-8-5-9(12)6-13-11(8)15-4-3-14(2)10(16)7-15/h5-6H,3-4,7H2,1-2H3. The number of carbonyl (C=O) groups is 1. The highest BCUT2D eigenvalue weighted by molar-refractivity contribution is 9.10. The Morgan fingerprint density at radius 3 is 2.81 bits per heavy atom. The average Bonchev–Trinajstić information content (AvgIpc) is 2.22. The first-order valence-electron chi connectivity index (χ1n) is 5.19. The molecule has 0 bridgehead atoms. The Balaban J connectivity index is 2.22. The molecule has 2 heterocycles. The van der Waals surface area contributed by atoms with Gasteiger partial charge in [0.25, 0.3) is 0 Å². The SMILES string of the molecule is Cc1cc(Br)cnc1N1CCN(C)C(=O)C1. The predicted octanol–water partition coefficient (Wildman–Crippen LogP) is 1.43. The second kappa shape index (κ2) is 4.41. The summed E-state index contributed by atoms with van der Waals surface area (Å²) in [6.07, 6.45) is 1.77. The number of nitrogens with zero attached hydrogens (tertiary/aromatic N) is 3. The van der Waals surface area contributed by atoms with Crippen LogP contribution in [-0.2, 0) is 4.79 Å². The van der Waals surface area contributed by atoms with Crippen molar-refractivity contribution >= 4 is 27.7 Å². The summed E-state index contributed by atoms with van der Waals surface area (Å²) in [7, 11) is 1.83. The zero-order valence-electron chi connectivity index (χ0n) is 9.40. The van der Waals surface area contributed by atoms with Crippen LogP contribution >= 0.6 is 15.9 Å². The Morgan fingerprint density at radius 2 is 2.19 bits per heavy atom. The topological polar surface area (TPSA) is 36.4 Å². The van der Waals surface area contributed by atoms with Gasteiger partial charge in [-0.2, -0.15) is 0 Å². The summed E-state index contributed by atoms with van der Waals surface area (Å²) in [6.45, 7) is 4.04. The van der Waals surface area contributed by atoms with Crippen molar-refractivity contribution in [3.05, 3.63) is 22.3 Å². The monoisotopic (exact) mass is 283 g/mol. The molecule has 1 saturated heterocycles. The van der Waals surface area contributed by atoms with E-state index in [0.29, 0.717) is 6.54 Å². The second-order valence-electron chi connectivity index (χ2n) is 4.03. The normalized spacial score (nSPS) is 16.8. The third kappa shape index (κ3) is 2.19. The second-order valence-corrected chi connectivity index (χ2v) is 4.95. The van der Waals surface area contributed by atoms with Crippen molar-refractivity contribution in [3.63, 3.8) is 0 Å². The van der Waals surface area contributed by atoms with E-state index in [9.17, 15) is 4.79 Å². The quantitative estimate of drug-likeness (QED) is 0.783. The summed E-state index contributed by atoms with van der Waals surface area (Å²) >= 11 is 3.39. The Hall–Kier alpha value is -1.10. The lowest BCUT2D eigenvalue weighted by molar-refractivity contribution is -0.129. The molecule has 1 aromatic rings. The molecule has 5 heteroatoms. The molecule has 1 aliphatic heterocycles. The number of hydrogen-bond donors (Lipinski definition) is 0. The molecule has 0 aliphatic carbocycles. The number of rotatable bonds is 1. The number of anilines is 1. The minimum atomic E-state index is 0.148. The zero-order chi connectivity index (χ0) is 11.7. The number of amides is 1. The molecule has 1 aromatic heterocycles. The minimum Gasteiger partial charge on any atom is -0.345 e. The van der Waals surface area contributed by atoms with E-state index in [4.69, 9.17) is 0 Å². The Labute approximate surface area is 103 Å². The summed E-state index contributed by atoms with van der Waals surface area (Å²) in [5.41, 5.74) is 1.09. The van der Waals surface area contributed by atoms with Gasteiger partial charge in [0.05, 0.1) is 6.54 Å². The van der Waals surface area contributed by atoms with Crippen LogP contribution in [0.5, 0.6) is 0 Å². The van der Waals surface area contributed by atoms with E-state index in [0.717, 1.165) is 28.9 Å². The van der Waals surface area contributed by atoms with E-state index in [1.165, 1.54) is 0 Å². The van der Waals surface area contributed by atoms with Crippen LogP contribution in [-0.4, -0.2) is 42.5 Å². The van der Waals surface area contributed by atoms with Crippen LogP contribution in [0.2, 0.25) is 0 Å². The van der Waals surface area contributed by atoms with Crippen LogP contribution in [0.1, 0.15) is 5.56 Å². The lowest BCUT2D eigenvalue weighted by atomic mass is 10.2. The number of carbonyl (C=O) groups excluding carboxylic acids is 1. The van der Waals surface area contributed by atoms with Crippen LogP contribution in [0.4, 0.5) is 5.82 Å². The van der Waals surface area contributed by atoms with Crippen LogP contribution < -0.4 is 4.90 Å². The summed E-state index contributed by atoms with van der Waals surface area (Å²) in [5.74, 6) is 1.06. The predicted molar refractivity (Wildman–Crippen MR) is 66.5 cm³/mol. The van der Waals surface area contributed by atoms with Crippen molar-refractivity contribution in [3.8, 4) is 0 Å². The Bertz CT molecular complexity index is 422. The van der Waals surface area contributed by atoms with Crippen LogP contribution in [0.15, 0.2) is 16.7 Å². The molecule has 0 spiro atoms. The molecule has 0 radical (unpaired) electrons. The van der Waals surface area contributed by atoms with Gasteiger partial charge in [-0.15, -0.1) is 0 Å². The first kappa shape index (κ1) is 11.4. The fraction of sp³-hybridized carbons (Fsp3) is 0.455. The molecule has 0 unspecified atom stereocenters. The fourth-order valence-corrected chi connectivity index (χ4v) is 2.25. The first-order valence-corrected chi connectivity index (χ1v) is 5.98. The highest BCUT2D eigenvalue weighted by Gasteiger charge is 2.22. The van der Waals surface area contributed by atoms with Crippen molar-refractivity contribution < 1.29 is 4.79 Å². The van der Waals surface area contributed by atoms with E-state index < -0.39 is 0 Å². The van der Waals surface area contributed by atoms with Crippen LogP contribution in [0.25, 0.3) is 0 Å². The Kier molecular flexibility index (Phi) is 3.14. The molecular formula is C11H14BrN3O. The lowest BCUT2D eigenvalue weighted by Crippen LogP contribution is -2.49. The van der Waals surface area contributed by atoms with Gasteiger partial charge in [0.15, 0.2) is 0 Å². The van der Waals surface area contributed by atoms with Gasteiger partial charge in [-0.3, -0.25) is 4.79 Å². The number of aromatic nitrogens is 1. The third-order valence-electron chi connectivity index (χ3n) is 2.77. The number of halogens is 1. The van der Waals surface area contributed by atoms with E-state index in [-0.39, 0.29) is 5.91 Å². The average molecular weight is 284 g/mol. The van der Waals surface area contributed by atoms with Gasteiger partial charge in [-0.05, 0) is 34.5 Å². The fourth-order valence-electron chi connectivity index (χ4n) is 1.80. The van der Waals surface area contributed by atoms with Gasteiger partial charge in [0.2, 0.25) is 5.91 Å². The van der Waals surface area contributed by atoms with Crippen molar-refractivity contribution in [1.82, 2.24) is 9.88 Å². The largest absolute Gasteiger partial charge is 0.345 e. The van der Waals surface area contributed by atoms with Gasteiger partial charge in [-0.25, -0.2) is 4.98 Å². The summed E-state index contributed by atoms with van der Waals surface area (Å²) in [6, 6.07) is 2.02. The van der Waals surface area contributed by atoms with E-state index in [2.05, 4.69) is 20.9 Å². The van der Waals surface area contributed by atoms with Gasteiger partial charge in [0.1, 0.15) is 5.82 Å². The molecular weight excluding hydrogens is 270 g/mol. The number of hydrogen-bond acceptors (Lipinski definition) is 3. The molecule has 4 nitrogen and oxygen atoms in total. The van der Waals surface area contributed by atoms with Crippen molar-refractivity contribution in [2.75, 3.05) is 31.6 Å². The molecule has 1 fully saturated rings. The van der Waals surface area contributed by atoms with Gasteiger partial charge in [-0.1, -0.05) is 0 Å². The van der Waals surface area contributed by atoms with Gasteiger partial charge in [0, 0.05) is 30.8 Å². The van der Waals surface area contributed by atoms with Crippen molar-refractivity contribution in [2.24, 2.45) is 0 Å². The Morgan fingerprint density at radius 1 is 1.44 bits per heavy atom. The molecule has 86 valence electrons.